The zero-order chi connectivity index (χ0) is 11.7. The van der Waals surface area contributed by atoms with Crippen molar-refractivity contribution >= 4 is 30.7 Å². The van der Waals surface area contributed by atoms with E-state index in [1.807, 2.05) is 12.1 Å². The summed E-state index contributed by atoms with van der Waals surface area (Å²) in [6.07, 6.45) is 5.02. The van der Waals surface area contributed by atoms with Crippen LogP contribution in [0.4, 0.5) is 0 Å². The van der Waals surface area contributed by atoms with Gasteiger partial charge in [0.05, 0.1) is 0 Å². The van der Waals surface area contributed by atoms with Crippen molar-refractivity contribution in [3.05, 3.63) is 30.1 Å². The van der Waals surface area contributed by atoms with Crippen LogP contribution < -0.4 is 5.32 Å². The highest BCUT2D eigenvalue weighted by atomic mass is 35.5. The molecule has 1 aromatic heterocycles. The van der Waals surface area contributed by atoms with Crippen molar-refractivity contribution < 1.29 is 4.79 Å². The molecule has 0 saturated carbocycles. The zero-order valence-corrected chi connectivity index (χ0v) is 12.3. The number of carbonyl (C=O) groups is 1. The Balaban J connectivity index is 0.000000902. The van der Waals surface area contributed by atoms with E-state index >= 15 is 0 Å². The maximum Gasteiger partial charge on any atom is 0.272 e. The van der Waals surface area contributed by atoms with Crippen molar-refractivity contribution in [2.75, 3.05) is 13.1 Å². The molecular formula is C13H19Cl2N3O. The fraction of sp³-hybridized carbons (Fsp3) is 0.538. The molecule has 0 spiro atoms. The van der Waals surface area contributed by atoms with Crippen molar-refractivity contribution in [2.45, 2.75) is 31.3 Å². The molecule has 2 unspecified atom stereocenters. The normalized spacial score (nSPS) is 24.9. The third kappa shape index (κ3) is 3.19. The number of halogens is 2. The molecule has 3 rings (SSSR count). The number of aromatic nitrogens is 1. The van der Waals surface area contributed by atoms with Gasteiger partial charge in [-0.05, 0) is 37.9 Å². The standard InChI is InChI=1S/C13H17N3O.2ClH/c17-13(12-3-1-2-7-15-12)16-10-4-5-11(16)9-14-8-6-10;;/h1-3,7,10-11,14H,4-6,8-9H2;2*1H. The lowest BCUT2D eigenvalue weighted by molar-refractivity contribution is 0.0674. The first-order valence-corrected chi connectivity index (χ1v) is 6.30. The fourth-order valence-electron chi connectivity index (χ4n) is 2.94. The van der Waals surface area contributed by atoms with Crippen LogP contribution in [-0.2, 0) is 0 Å². The lowest BCUT2D eigenvalue weighted by atomic mass is 10.1. The molecule has 4 nitrogen and oxygen atoms in total. The van der Waals surface area contributed by atoms with E-state index in [0.29, 0.717) is 17.8 Å². The van der Waals surface area contributed by atoms with Crippen LogP contribution in [0.25, 0.3) is 0 Å². The smallest absolute Gasteiger partial charge is 0.272 e. The Morgan fingerprint density at radius 1 is 1.21 bits per heavy atom. The minimum Gasteiger partial charge on any atom is -0.330 e. The first-order valence-electron chi connectivity index (χ1n) is 6.30. The summed E-state index contributed by atoms with van der Waals surface area (Å²) in [6.45, 7) is 1.95. The molecule has 1 N–H and O–H groups in total. The lowest BCUT2D eigenvalue weighted by Gasteiger charge is -2.27. The van der Waals surface area contributed by atoms with Crippen LogP contribution in [0.5, 0.6) is 0 Å². The quantitative estimate of drug-likeness (QED) is 0.862. The maximum absolute atomic E-state index is 12.4. The Kier molecular flexibility index (Phi) is 6.04. The Morgan fingerprint density at radius 2 is 2.00 bits per heavy atom. The van der Waals surface area contributed by atoms with Crippen molar-refractivity contribution in [3.8, 4) is 0 Å². The molecule has 6 heteroatoms. The van der Waals surface area contributed by atoms with Crippen LogP contribution in [0.15, 0.2) is 24.4 Å². The van der Waals surface area contributed by atoms with Gasteiger partial charge < -0.3 is 10.2 Å². The summed E-state index contributed by atoms with van der Waals surface area (Å²) in [5.74, 6) is 0.0989. The van der Waals surface area contributed by atoms with Gasteiger partial charge >= 0.3 is 0 Å². The Morgan fingerprint density at radius 3 is 2.74 bits per heavy atom. The van der Waals surface area contributed by atoms with E-state index in [-0.39, 0.29) is 30.7 Å². The number of carbonyl (C=O) groups excluding carboxylic acids is 1. The number of fused-ring (bicyclic) bond motifs is 2. The summed E-state index contributed by atoms with van der Waals surface area (Å²) in [5, 5.41) is 3.40. The van der Waals surface area contributed by atoms with Gasteiger partial charge in [-0.25, -0.2) is 0 Å². The van der Waals surface area contributed by atoms with Crippen molar-refractivity contribution in [3.63, 3.8) is 0 Å². The molecule has 19 heavy (non-hydrogen) atoms. The number of pyridine rings is 1. The predicted molar refractivity (Wildman–Crippen MR) is 79.2 cm³/mol. The summed E-state index contributed by atoms with van der Waals surface area (Å²) in [4.78, 5) is 18.7. The number of hydrogen-bond acceptors (Lipinski definition) is 3. The van der Waals surface area contributed by atoms with Crippen LogP contribution in [0.1, 0.15) is 29.8 Å². The molecule has 2 aliphatic rings. The van der Waals surface area contributed by atoms with E-state index in [9.17, 15) is 4.79 Å². The molecule has 0 aromatic carbocycles. The largest absolute Gasteiger partial charge is 0.330 e. The highest BCUT2D eigenvalue weighted by Crippen LogP contribution is 2.29. The van der Waals surface area contributed by atoms with Crippen LogP contribution >= 0.6 is 24.8 Å². The molecule has 2 atom stereocenters. The molecule has 0 aliphatic carbocycles. The van der Waals surface area contributed by atoms with Crippen molar-refractivity contribution in [1.82, 2.24) is 15.2 Å². The summed E-state index contributed by atoms with van der Waals surface area (Å²) >= 11 is 0. The van der Waals surface area contributed by atoms with Gasteiger partial charge in [0.15, 0.2) is 0 Å². The third-order valence-electron chi connectivity index (χ3n) is 3.77. The number of rotatable bonds is 1. The zero-order valence-electron chi connectivity index (χ0n) is 10.6. The first kappa shape index (κ1) is 16.2. The van der Waals surface area contributed by atoms with Gasteiger partial charge in [-0.1, -0.05) is 6.07 Å². The second kappa shape index (κ2) is 7.08. The third-order valence-corrected chi connectivity index (χ3v) is 3.77. The van der Waals surface area contributed by atoms with E-state index in [2.05, 4.69) is 15.2 Å². The van der Waals surface area contributed by atoms with Gasteiger partial charge in [0, 0.05) is 24.8 Å². The monoisotopic (exact) mass is 303 g/mol. The number of nitrogens with zero attached hydrogens (tertiary/aromatic N) is 2. The second-order valence-corrected chi connectivity index (χ2v) is 4.81. The maximum atomic E-state index is 12.4. The molecular weight excluding hydrogens is 285 g/mol. The summed E-state index contributed by atoms with van der Waals surface area (Å²) in [6, 6.07) is 6.29. The van der Waals surface area contributed by atoms with Gasteiger partial charge in [0.25, 0.3) is 5.91 Å². The highest BCUT2D eigenvalue weighted by molar-refractivity contribution is 5.93. The number of amides is 1. The van der Waals surface area contributed by atoms with E-state index < -0.39 is 0 Å². The molecule has 1 amide bonds. The molecule has 0 radical (unpaired) electrons. The molecule has 2 aliphatic heterocycles. The molecule has 3 heterocycles. The van der Waals surface area contributed by atoms with Gasteiger partial charge in [0.2, 0.25) is 0 Å². The van der Waals surface area contributed by atoms with E-state index in [1.54, 1.807) is 12.3 Å². The van der Waals surface area contributed by atoms with Gasteiger partial charge in [-0.2, -0.15) is 0 Å². The minimum absolute atomic E-state index is 0. The molecule has 2 bridgehead atoms. The van der Waals surface area contributed by atoms with Crippen LogP contribution in [0.3, 0.4) is 0 Å². The Hall–Kier alpha value is -0.840. The highest BCUT2D eigenvalue weighted by Gasteiger charge is 2.38. The Bertz CT molecular complexity index is 402. The number of hydrogen-bond donors (Lipinski definition) is 1. The molecule has 106 valence electrons. The van der Waals surface area contributed by atoms with E-state index in [0.717, 1.165) is 32.4 Å². The van der Waals surface area contributed by atoms with Gasteiger partial charge in [-0.15, -0.1) is 24.8 Å². The van der Waals surface area contributed by atoms with Crippen LogP contribution in [0.2, 0.25) is 0 Å². The summed E-state index contributed by atoms with van der Waals surface area (Å²) in [7, 11) is 0. The van der Waals surface area contributed by atoms with Gasteiger partial charge in [0.1, 0.15) is 5.69 Å². The fourth-order valence-corrected chi connectivity index (χ4v) is 2.94. The topological polar surface area (TPSA) is 45.2 Å². The van der Waals surface area contributed by atoms with Crippen molar-refractivity contribution in [2.24, 2.45) is 0 Å². The average Bonchev–Trinajstić information content (AvgIpc) is 2.63. The average molecular weight is 304 g/mol. The van der Waals surface area contributed by atoms with E-state index in [4.69, 9.17) is 0 Å². The Labute approximate surface area is 125 Å². The van der Waals surface area contributed by atoms with Crippen LogP contribution in [-0.4, -0.2) is 41.0 Å². The second-order valence-electron chi connectivity index (χ2n) is 4.81. The minimum atomic E-state index is 0. The summed E-state index contributed by atoms with van der Waals surface area (Å²) < 4.78 is 0. The van der Waals surface area contributed by atoms with Crippen molar-refractivity contribution in [1.29, 1.82) is 0 Å². The predicted octanol–water partition coefficient (Wildman–Crippen LogP) is 1.89. The van der Waals surface area contributed by atoms with Crippen LogP contribution in [0, 0.1) is 0 Å². The number of nitrogens with one attached hydrogen (secondary N) is 1. The molecule has 2 saturated heterocycles. The summed E-state index contributed by atoms with van der Waals surface area (Å²) in [5.41, 5.74) is 0.575. The molecule has 2 fully saturated rings. The lowest BCUT2D eigenvalue weighted by Crippen LogP contribution is -2.42. The first-order chi connectivity index (χ1) is 8.36. The van der Waals surface area contributed by atoms with E-state index in [1.165, 1.54) is 0 Å². The molecule has 1 aromatic rings. The SMILES string of the molecule is Cl.Cl.O=C(c1ccccn1)N1C2CCNCC1CC2. The van der Waals surface area contributed by atoms with Gasteiger partial charge in [-0.3, -0.25) is 9.78 Å².